The fourth-order valence-corrected chi connectivity index (χ4v) is 1.59. The number of rotatable bonds is 7. The Balaban J connectivity index is 2.78. The van der Waals surface area contributed by atoms with Gasteiger partial charge in [0.1, 0.15) is 5.56 Å². The van der Waals surface area contributed by atoms with E-state index in [-0.39, 0.29) is 17.1 Å². The van der Waals surface area contributed by atoms with Crippen LogP contribution in [0.2, 0.25) is 0 Å². The van der Waals surface area contributed by atoms with Crippen molar-refractivity contribution >= 4 is 12.1 Å². The molecule has 0 heterocycles. The van der Waals surface area contributed by atoms with Gasteiger partial charge in [0.05, 0.1) is 32.5 Å². The summed E-state index contributed by atoms with van der Waals surface area (Å²) >= 11 is 0. The van der Waals surface area contributed by atoms with E-state index in [2.05, 4.69) is 19.6 Å². The van der Waals surface area contributed by atoms with Gasteiger partial charge in [-0.15, -0.1) is 0 Å². The fraction of sp³-hybridized carbons (Fsp3) is 0.429. The highest BCUT2D eigenvalue weighted by atomic mass is 17.5. The van der Waals surface area contributed by atoms with Crippen LogP contribution in [0.1, 0.15) is 24.2 Å². The van der Waals surface area contributed by atoms with E-state index < -0.39 is 18.2 Å². The van der Waals surface area contributed by atoms with Gasteiger partial charge in [-0.3, -0.25) is 4.89 Å². The van der Waals surface area contributed by atoms with Crippen molar-refractivity contribution in [2.24, 2.45) is 0 Å². The minimum absolute atomic E-state index is 0.0222. The lowest BCUT2D eigenvalue weighted by Gasteiger charge is -2.14. The molecule has 9 nitrogen and oxygen atoms in total. The van der Waals surface area contributed by atoms with E-state index in [4.69, 9.17) is 14.2 Å². The summed E-state index contributed by atoms with van der Waals surface area (Å²) in [6.45, 7) is 3.23. The Labute approximate surface area is 132 Å². The lowest BCUT2D eigenvalue weighted by Crippen LogP contribution is -2.15. The van der Waals surface area contributed by atoms with Crippen molar-refractivity contribution in [3.63, 3.8) is 0 Å². The molecule has 0 unspecified atom stereocenters. The first-order valence-electron chi connectivity index (χ1n) is 6.49. The summed E-state index contributed by atoms with van der Waals surface area (Å²) in [5, 5.41) is 4.09. The van der Waals surface area contributed by atoms with Crippen LogP contribution in [0.3, 0.4) is 0 Å². The van der Waals surface area contributed by atoms with Crippen molar-refractivity contribution in [1.82, 2.24) is 0 Å². The molecule has 0 aliphatic rings. The average Bonchev–Trinajstić information content (AvgIpc) is 2.52. The highest BCUT2D eigenvalue weighted by molar-refractivity contribution is 5.93. The zero-order valence-corrected chi connectivity index (χ0v) is 13.4. The van der Waals surface area contributed by atoms with Crippen LogP contribution >= 0.6 is 0 Å². The molecule has 0 radical (unpaired) electrons. The monoisotopic (exact) mass is 330 g/mol. The minimum Gasteiger partial charge on any atom is -0.493 e. The predicted octanol–water partition coefficient (Wildman–Crippen LogP) is 2.28. The maximum atomic E-state index is 11.9. The molecule has 1 aromatic rings. The van der Waals surface area contributed by atoms with E-state index in [1.54, 1.807) is 13.8 Å². The fourth-order valence-electron chi connectivity index (χ4n) is 1.59. The number of carbonyl (C=O) groups is 2. The summed E-state index contributed by atoms with van der Waals surface area (Å²) < 4.78 is 19.9. The van der Waals surface area contributed by atoms with Gasteiger partial charge >= 0.3 is 12.1 Å². The smallest absolute Gasteiger partial charge is 0.493 e. The Morgan fingerprint density at radius 1 is 0.913 bits per heavy atom. The normalized spacial score (nSPS) is 10.0. The first-order chi connectivity index (χ1) is 10.9. The van der Waals surface area contributed by atoms with Crippen LogP contribution in [-0.4, -0.2) is 39.6 Å². The van der Waals surface area contributed by atoms with Crippen molar-refractivity contribution in [3.05, 3.63) is 17.7 Å². The Hall–Kier alpha value is -2.68. The van der Waals surface area contributed by atoms with Crippen LogP contribution in [0.5, 0.6) is 17.2 Å². The van der Waals surface area contributed by atoms with E-state index in [9.17, 15) is 9.59 Å². The van der Waals surface area contributed by atoms with Gasteiger partial charge in [-0.25, -0.2) is 14.5 Å². The molecule has 0 aliphatic heterocycles. The minimum atomic E-state index is -1.15. The van der Waals surface area contributed by atoms with Crippen molar-refractivity contribution < 1.29 is 43.3 Å². The third-order valence-electron chi connectivity index (χ3n) is 2.47. The van der Waals surface area contributed by atoms with Gasteiger partial charge in [-0.1, -0.05) is 0 Å². The largest absolute Gasteiger partial charge is 0.543 e. The van der Waals surface area contributed by atoms with E-state index >= 15 is 0 Å². The highest BCUT2D eigenvalue weighted by Gasteiger charge is 2.23. The Kier molecular flexibility index (Phi) is 6.94. The molecule has 9 heteroatoms. The first kappa shape index (κ1) is 18.4. The molecule has 128 valence electrons. The maximum absolute atomic E-state index is 11.9. The quantitative estimate of drug-likeness (QED) is 0.423. The third-order valence-corrected chi connectivity index (χ3v) is 2.47. The van der Waals surface area contributed by atoms with Gasteiger partial charge in [-0.05, 0) is 26.0 Å². The number of methoxy groups -OCH3 is 3. The number of hydrogen-bond acceptors (Lipinski definition) is 9. The van der Waals surface area contributed by atoms with E-state index in [1.165, 1.54) is 33.5 Å². The molecule has 0 N–H and O–H groups in total. The Bertz CT molecular complexity index is 553. The van der Waals surface area contributed by atoms with E-state index in [1.807, 2.05) is 0 Å². The SMILES string of the molecule is COc1ccc(C(=O)OOOC(=O)OC(C)C)c(OC)c1OC. The molecule has 1 rings (SSSR count). The summed E-state index contributed by atoms with van der Waals surface area (Å²) in [5.41, 5.74) is -0.0222. The summed E-state index contributed by atoms with van der Waals surface area (Å²) in [6.07, 6.45) is -1.56. The summed E-state index contributed by atoms with van der Waals surface area (Å²) in [6, 6.07) is 2.85. The molecule has 23 heavy (non-hydrogen) atoms. The van der Waals surface area contributed by atoms with Crippen LogP contribution in [-0.2, 0) is 19.6 Å². The standard InChI is InChI=1S/C14H18O9/c1-8(2)20-14(16)22-23-21-13(15)9-6-7-10(17-3)12(19-5)11(9)18-4/h6-8H,1-5H3. The lowest BCUT2D eigenvalue weighted by molar-refractivity contribution is -0.452. The molecule has 0 saturated heterocycles. The van der Waals surface area contributed by atoms with Crippen molar-refractivity contribution in [2.45, 2.75) is 20.0 Å². The first-order valence-corrected chi connectivity index (χ1v) is 6.49. The molecule has 1 aromatic carbocycles. The molecule has 0 aliphatic carbocycles. The van der Waals surface area contributed by atoms with Gasteiger partial charge in [0.2, 0.25) is 5.75 Å². The van der Waals surface area contributed by atoms with Crippen molar-refractivity contribution in [3.8, 4) is 17.2 Å². The lowest BCUT2D eigenvalue weighted by atomic mass is 10.1. The van der Waals surface area contributed by atoms with E-state index in [0.717, 1.165) is 0 Å². The zero-order valence-electron chi connectivity index (χ0n) is 13.4. The van der Waals surface area contributed by atoms with Gasteiger partial charge in [0.25, 0.3) is 0 Å². The number of carbonyl (C=O) groups excluding carboxylic acids is 2. The van der Waals surface area contributed by atoms with Gasteiger partial charge in [0, 0.05) is 0 Å². The Morgan fingerprint density at radius 2 is 1.57 bits per heavy atom. The van der Waals surface area contributed by atoms with Crippen LogP contribution in [0.15, 0.2) is 12.1 Å². The molecule has 0 bridgehead atoms. The zero-order chi connectivity index (χ0) is 17.4. The molecule has 0 aromatic heterocycles. The number of hydrogen-bond donors (Lipinski definition) is 0. The average molecular weight is 330 g/mol. The summed E-state index contributed by atoms with van der Waals surface area (Å²) in [7, 11) is 4.16. The van der Waals surface area contributed by atoms with Crippen LogP contribution in [0, 0.1) is 0 Å². The molecule has 0 amide bonds. The summed E-state index contributed by atoms with van der Waals surface area (Å²) in [5.74, 6) is -0.339. The van der Waals surface area contributed by atoms with Gasteiger partial charge in [0.15, 0.2) is 11.5 Å². The summed E-state index contributed by atoms with van der Waals surface area (Å²) in [4.78, 5) is 31.5. The highest BCUT2D eigenvalue weighted by Crippen LogP contribution is 2.39. The number of benzene rings is 1. The third kappa shape index (κ3) is 4.92. The molecular weight excluding hydrogens is 312 g/mol. The molecular formula is C14H18O9. The number of ether oxygens (including phenoxy) is 4. The van der Waals surface area contributed by atoms with E-state index in [0.29, 0.717) is 5.75 Å². The Morgan fingerprint density at radius 3 is 2.09 bits per heavy atom. The van der Waals surface area contributed by atoms with Gasteiger partial charge < -0.3 is 18.9 Å². The van der Waals surface area contributed by atoms with Crippen LogP contribution in [0.25, 0.3) is 0 Å². The molecule has 0 atom stereocenters. The second kappa shape index (κ2) is 8.69. The molecule has 0 spiro atoms. The van der Waals surface area contributed by atoms with Crippen molar-refractivity contribution in [2.75, 3.05) is 21.3 Å². The molecule has 0 fully saturated rings. The molecule has 0 saturated carbocycles. The topological polar surface area (TPSA) is 98.8 Å². The predicted molar refractivity (Wildman–Crippen MR) is 75.3 cm³/mol. The second-order valence-corrected chi connectivity index (χ2v) is 4.32. The second-order valence-electron chi connectivity index (χ2n) is 4.32. The van der Waals surface area contributed by atoms with Crippen LogP contribution < -0.4 is 14.2 Å². The maximum Gasteiger partial charge on any atom is 0.543 e. The van der Waals surface area contributed by atoms with Gasteiger partial charge in [-0.2, -0.15) is 0 Å². The van der Waals surface area contributed by atoms with Crippen molar-refractivity contribution in [1.29, 1.82) is 0 Å². The van der Waals surface area contributed by atoms with Crippen LogP contribution in [0.4, 0.5) is 4.79 Å².